The van der Waals surface area contributed by atoms with Gasteiger partial charge in [0.1, 0.15) is 0 Å². The van der Waals surface area contributed by atoms with Crippen LogP contribution in [0.1, 0.15) is 35.5 Å². The molecule has 2 aromatic heterocycles. The lowest BCUT2D eigenvalue weighted by Gasteiger charge is -2.29. The van der Waals surface area contributed by atoms with E-state index in [-0.39, 0.29) is 18.0 Å². The van der Waals surface area contributed by atoms with Crippen LogP contribution in [0.3, 0.4) is 0 Å². The molecule has 5 rings (SSSR count). The number of anilines is 1. The highest BCUT2D eigenvalue weighted by molar-refractivity contribution is 9.10. The van der Waals surface area contributed by atoms with Crippen molar-refractivity contribution in [2.75, 3.05) is 11.9 Å². The van der Waals surface area contributed by atoms with E-state index >= 15 is 0 Å². The number of benzene rings is 2. The molecule has 0 bridgehead atoms. The molecule has 36 heavy (non-hydrogen) atoms. The largest absolute Gasteiger partial charge is 0.352 e. The first-order chi connectivity index (χ1) is 17.5. The van der Waals surface area contributed by atoms with Gasteiger partial charge in [0.15, 0.2) is 5.11 Å². The first kappa shape index (κ1) is 24.2. The van der Waals surface area contributed by atoms with Crippen molar-refractivity contribution in [3.63, 3.8) is 0 Å². The van der Waals surface area contributed by atoms with Gasteiger partial charge in [-0.15, -0.1) is 0 Å². The third-order valence-corrected chi connectivity index (χ3v) is 7.27. The highest BCUT2D eigenvalue weighted by Crippen LogP contribution is 2.39. The monoisotopic (exact) mass is 559 g/mol. The molecule has 0 radical (unpaired) electrons. The molecular weight excluding hydrogens is 534 g/mol. The van der Waals surface area contributed by atoms with Crippen molar-refractivity contribution in [3.05, 3.63) is 113 Å². The number of pyridine rings is 1. The van der Waals surface area contributed by atoms with Crippen LogP contribution in [0.5, 0.6) is 0 Å². The minimum atomic E-state index is -0.151. The molecule has 2 N–H and O–H groups in total. The van der Waals surface area contributed by atoms with Crippen molar-refractivity contribution < 1.29 is 4.79 Å². The zero-order chi connectivity index (χ0) is 25.1. The lowest BCUT2D eigenvalue weighted by atomic mass is 10.0. The van der Waals surface area contributed by atoms with Crippen molar-refractivity contribution in [1.82, 2.24) is 19.8 Å². The summed E-state index contributed by atoms with van der Waals surface area (Å²) >= 11 is 9.31. The number of aryl methyl sites for hydroxylation is 1. The summed E-state index contributed by atoms with van der Waals surface area (Å²) in [5.74, 6) is -0.0459. The van der Waals surface area contributed by atoms with E-state index in [2.05, 4.69) is 65.4 Å². The number of para-hydroxylation sites is 1. The maximum atomic E-state index is 12.9. The van der Waals surface area contributed by atoms with Gasteiger partial charge in [-0.2, -0.15) is 0 Å². The molecule has 0 spiro atoms. The topological polar surface area (TPSA) is 62.2 Å². The third kappa shape index (κ3) is 5.05. The summed E-state index contributed by atoms with van der Waals surface area (Å²) in [6.45, 7) is 2.46. The molecule has 1 aliphatic heterocycles. The van der Waals surface area contributed by atoms with E-state index in [0.717, 1.165) is 32.8 Å². The van der Waals surface area contributed by atoms with Crippen LogP contribution in [0.2, 0.25) is 0 Å². The number of hydrogen-bond acceptors (Lipinski definition) is 3. The molecule has 1 aliphatic rings. The molecule has 1 fully saturated rings. The minimum Gasteiger partial charge on any atom is -0.352 e. The van der Waals surface area contributed by atoms with Crippen molar-refractivity contribution in [3.8, 4) is 5.69 Å². The van der Waals surface area contributed by atoms with Crippen LogP contribution >= 0.6 is 28.1 Å². The van der Waals surface area contributed by atoms with Gasteiger partial charge in [0, 0.05) is 46.9 Å². The Morgan fingerprint density at radius 3 is 2.58 bits per heavy atom. The number of nitrogens with one attached hydrogen (secondary N) is 2. The van der Waals surface area contributed by atoms with Gasteiger partial charge < -0.3 is 20.1 Å². The fourth-order valence-electron chi connectivity index (χ4n) is 4.59. The minimum absolute atomic E-state index is 0.0459. The Morgan fingerprint density at radius 1 is 1.06 bits per heavy atom. The van der Waals surface area contributed by atoms with E-state index in [4.69, 9.17) is 12.2 Å². The zero-order valence-electron chi connectivity index (χ0n) is 19.8. The summed E-state index contributed by atoms with van der Waals surface area (Å²) in [4.78, 5) is 19.6. The summed E-state index contributed by atoms with van der Waals surface area (Å²) in [6.07, 6.45) is 4.16. The highest BCUT2D eigenvalue weighted by Gasteiger charge is 2.41. The maximum absolute atomic E-state index is 12.9. The van der Waals surface area contributed by atoms with Crippen LogP contribution in [0.25, 0.3) is 5.69 Å². The van der Waals surface area contributed by atoms with Crippen molar-refractivity contribution >= 4 is 44.9 Å². The second-order valence-electron chi connectivity index (χ2n) is 8.71. The lowest BCUT2D eigenvalue weighted by molar-refractivity contribution is -0.116. The number of amides is 1. The maximum Gasteiger partial charge on any atom is 0.226 e. The smallest absolute Gasteiger partial charge is 0.226 e. The number of thiocarbonyl (C=S) groups is 1. The molecule has 4 aromatic rings. The summed E-state index contributed by atoms with van der Waals surface area (Å²) in [7, 11) is 0. The number of carbonyl (C=O) groups excluding carboxylic acids is 1. The number of hydrogen-bond donors (Lipinski definition) is 2. The van der Waals surface area contributed by atoms with Gasteiger partial charge in [-0.25, -0.2) is 0 Å². The van der Waals surface area contributed by atoms with Crippen LogP contribution in [-0.4, -0.2) is 32.0 Å². The van der Waals surface area contributed by atoms with Gasteiger partial charge in [-0.3, -0.25) is 9.78 Å². The van der Waals surface area contributed by atoms with Crippen molar-refractivity contribution in [1.29, 1.82) is 0 Å². The van der Waals surface area contributed by atoms with E-state index < -0.39 is 0 Å². The molecule has 3 heterocycles. The number of carbonyl (C=O) groups is 1. The van der Waals surface area contributed by atoms with E-state index in [9.17, 15) is 4.79 Å². The predicted octanol–water partition coefficient (Wildman–Crippen LogP) is 5.94. The van der Waals surface area contributed by atoms with E-state index in [1.807, 2.05) is 67.6 Å². The second kappa shape index (κ2) is 10.6. The Bertz CT molecular complexity index is 1370. The lowest BCUT2D eigenvalue weighted by Crippen LogP contribution is -2.33. The second-order valence-corrected chi connectivity index (χ2v) is 10.0. The van der Waals surface area contributed by atoms with Crippen LogP contribution in [-0.2, 0) is 4.79 Å². The number of halogens is 1. The van der Waals surface area contributed by atoms with Gasteiger partial charge in [0.05, 0.1) is 17.8 Å². The molecule has 0 aliphatic carbocycles. The molecule has 1 saturated heterocycles. The first-order valence-corrected chi connectivity index (χ1v) is 13.0. The van der Waals surface area contributed by atoms with Gasteiger partial charge in [0.2, 0.25) is 5.91 Å². The van der Waals surface area contributed by atoms with Gasteiger partial charge >= 0.3 is 0 Å². The summed E-state index contributed by atoms with van der Waals surface area (Å²) in [5.41, 5.74) is 4.88. The third-order valence-electron chi connectivity index (χ3n) is 6.38. The van der Waals surface area contributed by atoms with Crippen molar-refractivity contribution in [2.45, 2.75) is 25.4 Å². The standard InChI is InChI=1S/C28H26BrN5OS/c1-19-7-2-3-8-22(19)31-25(35)15-18-34-27(26(32-28(34)36)23-9-4-5-16-30-23)24-10-6-17-33(24)21-13-11-20(29)12-14-21/h2-14,16-17,26-27H,15,18H2,1H3,(H,31,35)(H,32,36)/t26-,27+/m0/s1. The Balaban J connectivity index is 1.44. The molecule has 2 atom stereocenters. The summed E-state index contributed by atoms with van der Waals surface area (Å²) in [5, 5.41) is 7.12. The molecular formula is C28H26BrN5OS. The zero-order valence-corrected chi connectivity index (χ0v) is 22.2. The quantitative estimate of drug-likeness (QED) is 0.274. The number of nitrogens with zero attached hydrogens (tertiary/aromatic N) is 3. The molecule has 0 saturated carbocycles. The molecule has 8 heteroatoms. The van der Waals surface area contributed by atoms with E-state index in [1.165, 1.54) is 0 Å². The van der Waals surface area contributed by atoms with Crippen molar-refractivity contribution in [2.24, 2.45) is 0 Å². The Morgan fingerprint density at radius 2 is 1.83 bits per heavy atom. The van der Waals surface area contributed by atoms with Crippen LogP contribution in [0.4, 0.5) is 5.69 Å². The van der Waals surface area contributed by atoms with Crippen LogP contribution < -0.4 is 10.6 Å². The molecule has 0 unspecified atom stereocenters. The Kier molecular flexibility index (Phi) is 7.16. The first-order valence-electron chi connectivity index (χ1n) is 11.8. The summed E-state index contributed by atoms with van der Waals surface area (Å²) < 4.78 is 3.19. The molecule has 6 nitrogen and oxygen atoms in total. The van der Waals surface area contributed by atoms with E-state index in [1.54, 1.807) is 6.20 Å². The van der Waals surface area contributed by atoms with Gasteiger partial charge in [0.25, 0.3) is 0 Å². The predicted molar refractivity (Wildman–Crippen MR) is 150 cm³/mol. The number of rotatable bonds is 7. The average Bonchev–Trinajstić information content (AvgIpc) is 3.49. The number of aromatic nitrogens is 2. The molecule has 1 amide bonds. The SMILES string of the molecule is Cc1ccccc1NC(=O)CCN1C(=S)N[C@@H](c2ccccn2)[C@H]1c1cccn1-c1ccc(Br)cc1. The molecule has 2 aromatic carbocycles. The Labute approximate surface area is 224 Å². The fraction of sp³-hybridized carbons (Fsp3) is 0.179. The van der Waals surface area contributed by atoms with E-state index in [0.29, 0.717) is 18.1 Å². The fourth-order valence-corrected chi connectivity index (χ4v) is 5.18. The summed E-state index contributed by atoms with van der Waals surface area (Å²) in [6, 6.07) is 25.7. The highest BCUT2D eigenvalue weighted by atomic mass is 79.9. The Hall–Kier alpha value is -3.49. The molecule has 182 valence electrons. The normalized spacial score (nSPS) is 17.2. The average molecular weight is 561 g/mol. The van der Waals surface area contributed by atoms with Gasteiger partial charge in [-0.1, -0.05) is 40.2 Å². The van der Waals surface area contributed by atoms with Crippen LogP contribution in [0, 0.1) is 6.92 Å². The van der Waals surface area contributed by atoms with Gasteiger partial charge in [-0.05, 0) is 79.3 Å². The van der Waals surface area contributed by atoms with Crippen LogP contribution in [0.15, 0.2) is 95.7 Å².